The highest BCUT2D eigenvalue weighted by Crippen LogP contribution is 2.25. The summed E-state index contributed by atoms with van der Waals surface area (Å²) >= 11 is 0. The van der Waals surface area contributed by atoms with Gasteiger partial charge in [-0.25, -0.2) is 4.39 Å². The first kappa shape index (κ1) is 12.5. The normalized spacial score (nSPS) is 11.2. The molecule has 0 unspecified atom stereocenters. The van der Waals surface area contributed by atoms with E-state index in [2.05, 4.69) is 0 Å². The number of hydrogen-bond donors (Lipinski definition) is 1. The van der Waals surface area contributed by atoms with E-state index in [-0.39, 0.29) is 11.7 Å². The van der Waals surface area contributed by atoms with Crippen molar-refractivity contribution in [2.75, 3.05) is 7.11 Å². The highest BCUT2D eigenvalue weighted by atomic mass is 19.1. The van der Waals surface area contributed by atoms with Crippen molar-refractivity contribution in [2.45, 2.75) is 20.3 Å². The monoisotopic (exact) mass is 225 g/mol. The highest BCUT2D eigenvalue weighted by molar-refractivity contribution is 5.80. The highest BCUT2D eigenvalue weighted by Gasteiger charge is 2.25. The van der Waals surface area contributed by atoms with Gasteiger partial charge in [0, 0.05) is 5.41 Å². The Kier molecular flexibility index (Phi) is 3.52. The largest absolute Gasteiger partial charge is 0.494 e. The lowest BCUT2D eigenvalue weighted by atomic mass is 9.85. The molecule has 1 aromatic rings. The third kappa shape index (κ3) is 2.72. The fourth-order valence-electron chi connectivity index (χ4n) is 1.41. The van der Waals surface area contributed by atoms with Crippen LogP contribution in [0.2, 0.25) is 0 Å². The zero-order chi connectivity index (χ0) is 12.3. The van der Waals surface area contributed by atoms with Crippen LogP contribution in [-0.2, 0) is 11.2 Å². The van der Waals surface area contributed by atoms with Gasteiger partial charge in [-0.05, 0) is 24.1 Å². The van der Waals surface area contributed by atoms with Gasteiger partial charge in [0.05, 0.1) is 7.11 Å². The van der Waals surface area contributed by atoms with Gasteiger partial charge in [0.15, 0.2) is 11.6 Å². The maximum atomic E-state index is 13.1. The van der Waals surface area contributed by atoms with Crippen LogP contribution < -0.4 is 10.5 Å². The number of carbonyl (C=O) groups is 1. The number of primary amides is 1. The number of halogens is 1. The van der Waals surface area contributed by atoms with Crippen molar-refractivity contribution in [2.24, 2.45) is 11.1 Å². The van der Waals surface area contributed by atoms with Gasteiger partial charge in [0.1, 0.15) is 0 Å². The fraction of sp³-hybridized carbons (Fsp3) is 0.417. The summed E-state index contributed by atoms with van der Waals surface area (Å²) in [6.07, 6.45) is 0.457. The van der Waals surface area contributed by atoms with E-state index in [1.807, 2.05) is 0 Å². The third-order valence-corrected chi connectivity index (χ3v) is 2.53. The summed E-state index contributed by atoms with van der Waals surface area (Å²) in [6, 6.07) is 4.54. The van der Waals surface area contributed by atoms with Crippen LogP contribution in [-0.4, -0.2) is 13.0 Å². The second kappa shape index (κ2) is 4.51. The van der Waals surface area contributed by atoms with E-state index >= 15 is 0 Å². The number of nitrogens with two attached hydrogens (primary N) is 1. The number of carbonyl (C=O) groups excluding carboxylic acids is 1. The maximum Gasteiger partial charge on any atom is 0.223 e. The smallest absolute Gasteiger partial charge is 0.223 e. The van der Waals surface area contributed by atoms with Gasteiger partial charge in [-0.3, -0.25) is 4.79 Å². The van der Waals surface area contributed by atoms with Crippen molar-refractivity contribution < 1.29 is 13.9 Å². The second-order valence-corrected chi connectivity index (χ2v) is 4.39. The summed E-state index contributed by atoms with van der Waals surface area (Å²) in [7, 11) is 1.40. The van der Waals surface area contributed by atoms with Crippen LogP contribution in [0.15, 0.2) is 18.2 Å². The maximum absolute atomic E-state index is 13.1. The van der Waals surface area contributed by atoms with E-state index in [1.165, 1.54) is 13.2 Å². The lowest BCUT2D eigenvalue weighted by Gasteiger charge is -2.20. The van der Waals surface area contributed by atoms with Crippen molar-refractivity contribution >= 4 is 5.91 Å². The molecule has 0 aliphatic rings. The quantitative estimate of drug-likeness (QED) is 0.850. The average molecular weight is 225 g/mol. The molecule has 0 spiro atoms. The second-order valence-electron chi connectivity index (χ2n) is 4.39. The van der Waals surface area contributed by atoms with Gasteiger partial charge in [0.2, 0.25) is 5.91 Å². The van der Waals surface area contributed by atoms with E-state index in [0.29, 0.717) is 6.42 Å². The molecule has 0 saturated carbocycles. The molecule has 1 rings (SSSR count). The Balaban J connectivity index is 2.94. The SMILES string of the molecule is COc1cc(CC(C)(C)C(N)=O)ccc1F. The molecule has 4 heteroatoms. The summed E-state index contributed by atoms with van der Waals surface area (Å²) in [4.78, 5) is 11.2. The van der Waals surface area contributed by atoms with Crippen LogP contribution >= 0.6 is 0 Å². The minimum atomic E-state index is -0.650. The molecule has 0 aliphatic carbocycles. The van der Waals surface area contributed by atoms with E-state index in [4.69, 9.17) is 10.5 Å². The predicted molar refractivity (Wildman–Crippen MR) is 59.6 cm³/mol. The lowest BCUT2D eigenvalue weighted by Crippen LogP contribution is -2.33. The number of benzene rings is 1. The molecule has 16 heavy (non-hydrogen) atoms. The minimum Gasteiger partial charge on any atom is -0.494 e. The molecule has 0 aromatic heterocycles. The van der Waals surface area contributed by atoms with Crippen molar-refractivity contribution in [3.8, 4) is 5.75 Å². The zero-order valence-corrected chi connectivity index (χ0v) is 9.71. The Morgan fingerprint density at radius 2 is 2.12 bits per heavy atom. The molecule has 0 atom stereocenters. The van der Waals surface area contributed by atoms with Crippen molar-refractivity contribution in [1.29, 1.82) is 0 Å². The van der Waals surface area contributed by atoms with Crippen LogP contribution in [0.25, 0.3) is 0 Å². The molecular formula is C12H16FNO2. The first-order valence-corrected chi connectivity index (χ1v) is 4.99. The zero-order valence-electron chi connectivity index (χ0n) is 9.71. The minimum absolute atomic E-state index is 0.178. The predicted octanol–water partition coefficient (Wildman–Crippen LogP) is 1.89. The Morgan fingerprint density at radius 1 is 1.50 bits per heavy atom. The molecule has 0 saturated heterocycles. The third-order valence-electron chi connectivity index (χ3n) is 2.53. The van der Waals surface area contributed by atoms with Crippen molar-refractivity contribution in [3.63, 3.8) is 0 Å². The molecule has 88 valence electrons. The van der Waals surface area contributed by atoms with E-state index in [9.17, 15) is 9.18 Å². The number of rotatable bonds is 4. The van der Waals surface area contributed by atoms with Gasteiger partial charge in [0.25, 0.3) is 0 Å². The standard InChI is InChI=1S/C12H16FNO2/c1-12(2,11(14)15)7-8-4-5-9(13)10(6-8)16-3/h4-6H,7H2,1-3H3,(H2,14,15). The number of hydrogen-bond acceptors (Lipinski definition) is 2. The van der Waals surface area contributed by atoms with Gasteiger partial charge >= 0.3 is 0 Å². The van der Waals surface area contributed by atoms with Gasteiger partial charge < -0.3 is 10.5 Å². The molecule has 0 bridgehead atoms. The van der Waals surface area contributed by atoms with Crippen LogP contribution in [0.5, 0.6) is 5.75 Å². The fourth-order valence-corrected chi connectivity index (χ4v) is 1.41. The molecular weight excluding hydrogens is 209 g/mol. The van der Waals surface area contributed by atoms with E-state index in [0.717, 1.165) is 5.56 Å². The Morgan fingerprint density at radius 3 is 2.62 bits per heavy atom. The number of ether oxygens (including phenoxy) is 1. The van der Waals surface area contributed by atoms with Gasteiger partial charge in [-0.15, -0.1) is 0 Å². The molecule has 1 aromatic carbocycles. The summed E-state index contributed by atoms with van der Waals surface area (Å²) in [5, 5.41) is 0. The van der Waals surface area contributed by atoms with Gasteiger partial charge in [-0.2, -0.15) is 0 Å². The van der Waals surface area contributed by atoms with E-state index in [1.54, 1.807) is 26.0 Å². The molecule has 0 aliphatic heterocycles. The molecule has 0 heterocycles. The molecule has 3 nitrogen and oxygen atoms in total. The van der Waals surface area contributed by atoms with Gasteiger partial charge in [-0.1, -0.05) is 19.9 Å². The molecule has 0 fully saturated rings. The topological polar surface area (TPSA) is 52.3 Å². The van der Waals surface area contributed by atoms with Crippen LogP contribution in [0, 0.1) is 11.2 Å². The Labute approximate surface area is 94.4 Å². The lowest BCUT2D eigenvalue weighted by molar-refractivity contribution is -0.125. The summed E-state index contributed by atoms with van der Waals surface area (Å²) < 4.78 is 18.0. The number of amides is 1. The van der Waals surface area contributed by atoms with Crippen LogP contribution in [0.1, 0.15) is 19.4 Å². The Bertz CT molecular complexity index is 402. The number of methoxy groups -OCH3 is 1. The van der Waals surface area contributed by atoms with Crippen molar-refractivity contribution in [3.05, 3.63) is 29.6 Å². The summed E-state index contributed by atoms with van der Waals surface area (Å²) in [5.41, 5.74) is 5.45. The molecule has 0 radical (unpaired) electrons. The van der Waals surface area contributed by atoms with Crippen LogP contribution in [0.4, 0.5) is 4.39 Å². The summed E-state index contributed by atoms with van der Waals surface area (Å²) in [5.74, 6) is -0.614. The van der Waals surface area contributed by atoms with Crippen LogP contribution in [0.3, 0.4) is 0 Å². The van der Waals surface area contributed by atoms with E-state index < -0.39 is 11.2 Å². The first-order valence-electron chi connectivity index (χ1n) is 4.99. The Hall–Kier alpha value is -1.58. The molecule has 2 N–H and O–H groups in total. The van der Waals surface area contributed by atoms with Crippen molar-refractivity contribution in [1.82, 2.24) is 0 Å². The average Bonchev–Trinajstić information content (AvgIpc) is 2.20. The first-order chi connectivity index (χ1) is 7.36. The molecule has 1 amide bonds. The summed E-state index contributed by atoms with van der Waals surface area (Å²) in [6.45, 7) is 3.51.